The molecular weight excluding hydrogens is 324 g/mol. The molecule has 2 aliphatic rings. The summed E-state index contributed by atoms with van der Waals surface area (Å²) in [4.78, 5) is 29.2. The van der Waals surface area contributed by atoms with Crippen molar-refractivity contribution in [2.24, 2.45) is 0 Å². The van der Waals surface area contributed by atoms with Crippen LogP contribution < -0.4 is 0 Å². The van der Waals surface area contributed by atoms with Gasteiger partial charge in [0.25, 0.3) is 5.91 Å². The van der Waals surface area contributed by atoms with E-state index in [1.807, 2.05) is 60.8 Å². The van der Waals surface area contributed by atoms with Crippen molar-refractivity contribution in [2.75, 3.05) is 31.2 Å². The number of thioether (sulfide) groups is 1. The van der Waals surface area contributed by atoms with Gasteiger partial charge in [-0.15, -0.1) is 0 Å². The van der Waals surface area contributed by atoms with Gasteiger partial charge in [0.15, 0.2) is 6.10 Å². The molecule has 0 aliphatic carbocycles. The smallest absolute Gasteiger partial charge is 0.254 e. The van der Waals surface area contributed by atoms with Crippen molar-refractivity contribution in [3.8, 4) is 0 Å². The third kappa shape index (κ3) is 3.44. The van der Waals surface area contributed by atoms with Crippen molar-refractivity contribution in [3.63, 3.8) is 0 Å². The fourth-order valence-corrected chi connectivity index (χ4v) is 4.30. The number of benzene rings is 1. The summed E-state index contributed by atoms with van der Waals surface area (Å²) in [6.45, 7) is 5.44. The second-order valence-corrected chi connectivity index (χ2v) is 7.64. The highest BCUT2D eigenvalue weighted by Gasteiger charge is 2.44. The zero-order valence-corrected chi connectivity index (χ0v) is 15.0. The molecule has 6 heteroatoms. The van der Waals surface area contributed by atoms with E-state index < -0.39 is 6.10 Å². The Morgan fingerprint density at radius 2 is 1.88 bits per heavy atom. The Morgan fingerprint density at radius 1 is 1.21 bits per heavy atom. The summed E-state index contributed by atoms with van der Waals surface area (Å²) < 4.78 is 5.76. The molecule has 0 saturated carbocycles. The van der Waals surface area contributed by atoms with Crippen LogP contribution in [0.25, 0.3) is 0 Å². The van der Waals surface area contributed by atoms with Crippen molar-refractivity contribution in [3.05, 3.63) is 35.9 Å². The van der Waals surface area contributed by atoms with Crippen LogP contribution in [0.3, 0.4) is 0 Å². The first-order valence-electron chi connectivity index (χ1n) is 8.44. The zero-order chi connectivity index (χ0) is 17.1. The highest BCUT2D eigenvalue weighted by atomic mass is 32.2. The molecule has 0 unspecified atom stereocenters. The monoisotopic (exact) mass is 348 g/mol. The highest BCUT2D eigenvalue weighted by Crippen LogP contribution is 2.33. The minimum atomic E-state index is -0.629. The van der Waals surface area contributed by atoms with Gasteiger partial charge >= 0.3 is 0 Å². The van der Waals surface area contributed by atoms with Gasteiger partial charge in [-0.1, -0.05) is 30.3 Å². The molecule has 0 bridgehead atoms. The number of hydrogen-bond acceptors (Lipinski definition) is 4. The maximum atomic E-state index is 13.1. The van der Waals surface area contributed by atoms with Crippen molar-refractivity contribution in [2.45, 2.75) is 32.0 Å². The molecule has 2 atom stereocenters. The molecule has 2 aliphatic heterocycles. The summed E-state index contributed by atoms with van der Waals surface area (Å²) in [5.41, 5.74) is 0.948. The first-order valence-corrected chi connectivity index (χ1v) is 9.59. The van der Waals surface area contributed by atoms with Gasteiger partial charge in [0.05, 0.1) is 6.04 Å². The van der Waals surface area contributed by atoms with Crippen LogP contribution in [-0.4, -0.2) is 65.0 Å². The predicted octanol–water partition coefficient (Wildman–Crippen LogP) is 1.94. The van der Waals surface area contributed by atoms with Gasteiger partial charge in [0.2, 0.25) is 5.91 Å². The van der Waals surface area contributed by atoms with Gasteiger partial charge in [0.1, 0.15) is 6.61 Å². The molecule has 3 rings (SSSR count). The summed E-state index contributed by atoms with van der Waals surface area (Å²) in [7, 11) is 0. The van der Waals surface area contributed by atoms with Gasteiger partial charge < -0.3 is 14.5 Å². The molecule has 0 radical (unpaired) electrons. The van der Waals surface area contributed by atoms with Crippen molar-refractivity contribution in [1.82, 2.24) is 9.80 Å². The van der Waals surface area contributed by atoms with Gasteiger partial charge in [-0.3, -0.25) is 9.59 Å². The summed E-state index contributed by atoms with van der Waals surface area (Å²) >= 11 is 1.87. The summed E-state index contributed by atoms with van der Waals surface area (Å²) in [5.74, 6) is 1.86. The first-order chi connectivity index (χ1) is 11.6. The average Bonchev–Trinajstić information content (AvgIpc) is 2.62. The van der Waals surface area contributed by atoms with Gasteiger partial charge in [-0.25, -0.2) is 0 Å². The van der Waals surface area contributed by atoms with Gasteiger partial charge in [-0.2, -0.15) is 11.8 Å². The van der Waals surface area contributed by atoms with E-state index in [1.165, 1.54) is 0 Å². The largest absolute Gasteiger partial charge is 0.356 e. The molecule has 2 fully saturated rings. The third-order valence-corrected chi connectivity index (χ3v) is 5.47. The fourth-order valence-electron chi connectivity index (χ4n) is 3.39. The van der Waals surface area contributed by atoms with Crippen LogP contribution in [0.2, 0.25) is 0 Å². The summed E-state index contributed by atoms with van der Waals surface area (Å²) in [6.07, 6.45) is -0.629. The number of morpholine rings is 1. The minimum absolute atomic E-state index is 0.00213. The molecular formula is C18H24N2O3S. The molecule has 0 N–H and O–H groups in total. The number of hydrogen-bond donors (Lipinski definition) is 0. The Hall–Kier alpha value is -1.53. The zero-order valence-electron chi connectivity index (χ0n) is 14.2. The van der Waals surface area contributed by atoms with E-state index in [1.54, 1.807) is 4.90 Å². The Bertz CT molecular complexity index is 587. The van der Waals surface area contributed by atoms with Crippen LogP contribution in [0, 0.1) is 0 Å². The lowest BCUT2D eigenvalue weighted by Gasteiger charge is -2.44. The topological polar surface area (TPSA) is 49.9 Å². The Morgan fingerprint density at radius 3 is 2.50 bits per heavy atom. The van der Waals surface area contributed by atoms with E-state index >= 15 is 0 Å². The minimum Gasteiger partial charge on any atom is -0.356 e. The van der Waals surface area contributed by atoms with E-state index in [-0.39, 0.29) is 30.5 Å². The van der Waals surface area contributed by atoms with Crippen LogP contribution >= 0.6 is 11.8 Å². The Kier molecular flexibility index (Phi) is 5.46. The number of carbonyl (C=O) groups excluding carboxylic acids is 2. The van der Waals surface area contributed by atoms with Crippen molar-refractivity contribution in [1.29, 1.82) is 0 Å². The number of amides is 2. The normalized spacial score (nSPS) is 25.2. The van der Waals surface area contributed by atoms with Crippen LogP contribution in [0.15, 0.2) is 30.3 Å². The van der Waals surface area contributed by atoms with E-state index in [0.29, 0.717) is 0 Å². The second kappa shape index (κ2) is 7.57. The number of carbonyl (C=O) groups is 2. The number of nitrogens with zero attached hydrogens (tertiary/aromatic N) is 2. The van der Waals surface area contributed by atoms with E-state index in [9.17, 15) is 9.59 Å². The lowest BCUT2D eigenvalue weighted by Crippen LogP contribution is -2.57. The van der Waals surface area contributed by atoms with Crippen LogP contribution in [0.4, 0.5) is 0 Å². The van der Waals surface area contributed by atoms with E-state index in [0.717, 1.165) is 30.2 Å². The lowest BCUT2D eigenvalue weighted by molar-refractivity contribution is -0.171. The predicted molar refractivity (Wildman–Crippen MR) is 94.8 cm³/mol. The first kappa shape index (κ1) is 17.3. The van der Waals surface area contributed by atoms with E-state index in [4.69, 9.17) is 4.74 Å². The molecule has 130 valence electrons. The maximum Gasteiger partial charge on any atom is 0.254 e. The molecule has 1 aromatic carbocycles. The van der Waals surface area contributed by atoms with E-state index in [2.05, 4.69) is 0 Å². The molecule has 5 nitrogen and oxygen atoms in total. The van der Waals surface area contributed by atoms with Crippen LogP contribution in [0.5, 0.6) is 0 Å². The average molecular weight is 348 g/mol. The second-order valence-electron chi connectivity index (χ2n) is 6.42. The number of ether oxygens (including phenoxy) is 1. The molecule has 2 saturated heterocycles. The summed E-state index contributed by atoms with van der Waals surface area (Å²) in [6, 6.07) is 9.39. The Labute approximate surface area is 147 Å². The molecule has 1 aromatic rings. The third-order valence-electron chi connectivity index (χ3n) is 4.52. The molecule has 24 heavy (non-hydrogen) atoms. The maximum absolute atomic E-state index is 13.1. The van der Waals surface area contributed by atoms with Gasteiger partial charge in [-0.05, 0) is 19.4 Å². The molecule has 2 heterocycles. The summed E-state index contributed by atoms with van der Waals surface area (Å²) in [5, 5.41) is 0. The van der Waals surface area contributed by atoms with Crippen molar-refractivity contribution < 1.29 is 14.3 Å². The standard InChI is InChI=1S/C18H24N2O3S/c1-13(2)20-15(21)12-23-17(16(20)14-6-4-3-5-7-14)18(22)19-8-10-24-11-9-19/h3-7,13,16-17H,8-12H2,1-2H3/t16-,17+/m1/s1. The van der Waals surface area contributed by atoms with Crippen LogP contribution in [0.1, 0.15) is 25.5 Å². The quantitative estimate of drug-likeness (QED) is 0.838. The van der Waals surface area contributed by atoms with Gasteiger partial charge in [0, 0.05) is 30.6 Å². The highest BCUT2D eigenvalue weighted by molar-refractivity contribution is 7.99. The fraction of sp³-hybridized carbons (Fsp3) is 0.556. The number of rotatable bonds is 3. The lowest BCUT2D eigenvalue weighted by atomic mass is 9.95. The van der Waals surface area contributed by atoms with Crippen molar-refractivity contribution >= 4 is 23.6 Å². The molecule has 2 amide bonds. The molecule has 0 aromatic heterocycles. The Balaban J connectivity index is 1.93. The molecule has 0 spiro atoms. The van der Waals surface area contributed by atoms with Crippen LogP contribution in [-0.2, 0) is 14.3 Å². The SMILES string of the molecule is CC(C)N1C(=O)CO[C@H](C(=O)N2CCSCC2)[C@H]1c1ccccc1.